The van der Waals surface area contributed by atoms with Crippen LogP contribution in [0.5, 0.6) is 0 Å². The highest BCUT2D eigenvalue weighted by atomic mass is 31.2. The van der Waals surface area contributed by atoms with E-state index < -0.39 is 97.5 Å². The number of ether oxygens (including phenoxy) is 4. The summed E-state index contributed by atoms with van der Waals surface area (Å²) in [5.41, 5.74) is 0. The highest BCUT2D eigenvalue weighted by molar-refractivity contribution is 7.47. The number of hydrogen-bond donors (Lipinski definition) is 3. The molecule has 0 fully saturated rings. The van der Waals surface area contributed by atoms with Crippen LogP contribution in [0.25, 0.3) is 0 Å². The number of unbranched alkanes of at least 4 members (excludes halogenated alkanes) is 34. The normalized spacial score (nSPS) is 14.3. The number of rotatable bonds is 66. The Morgan fingerprint density at radius 2 is 0.529 bits per heavy atom. The quantitative estimate of drug-likeness (QED) is 0.0222. The van der Waals surface area contributed by atoms with Crippen LogP contribution in [-0.2, 0) is 65.4 Å². The maximum atomic E-state index is 13.0. The number of aliphatic hydroxyl groups is 1. The minimum Gasteiger partial charge on any atom is -0.462 e. The molecule has 5 atom stereocenters. The Kier molecular flexibility index (Phi) is 57.8. The molecule has 0 rings (SSSR count). The molecule has 0 aromatic carbocycles. The van der Waals surface area contributed by atoms with E-state index in [1.165, 1.54) is 148 Å². The van der Waals surface area contributed by atoms with Crippen LogP contribution in [0.15, 0.2) is 0 Å². The number of carbonyl (C=O) groups is 4. The molecule has 516 valence electrons. The van der Waals surface area contributed by atoms with Crippen molar-refractivity contribution in [3.05, 3.63) is 0 Å². The average Bonchev–Trinajstić information content (AvgIpc) is 3.69. The summed E-state index contributed by atoms with van der Waals surface area (Å²) in [4.78, 5) is 72.4. The molecule has 0 aliphatic heterocycles. The minimum atomic E-state index is -4.95. The highest BCUT2D eigenvalue weighted by Gasteiger charge is 2.30. The van der Waals surface area contributed by atoms with E-state index in [4.69, 9.17) is 37.0 Å². The van der Waals surface area contributed by atoms with E-state index >= 15 is 0 Å². The van der Waals surface area contributed by atoms with Crippen LogP contribution in [0.1, 0.15) is 337 Å². The summed E-state index contributed by atoms with van der Waals surface area (Å²) >= 11 is 0. The second kappa shape index (κ2) is 59.1. The predicted octanol–water partition coefficient (Wildman–Crippen LogP) is 19.1. The molecule has 2 unspecified atom stereocenters. The van der Waals surface area contributed by atoms with Crippen molar-refractivity contribution in [2.75, 3.05) is 39.6 Å². The van der Waals surface area contributed by atoms with Gasteiger partial charge in [-0.2, -0.15) is 0 Å². The molecule has 0 aromatic heterocycles. The molecule has 3 N–H and O–H groups in total. The van der Waals surface area contributed by atoms with Crippen molar-refractivity contribution in [3.63, 3.8) is 0 Å². The van der Waals surface area contributed by atoms with Gasteiger partial charge in [0.15, 0.2) is 12.2 Å². The Bertz CT molecular complexity index is 1720. The lowest BCUT2D eigenvalue weighted by atomic mass is 10.0. The van der Waals surface area contributed by atoms with Gasteiger partial charge in [0, 0.05) is 25.7 Å². The van der Waals surface area contributed by atoms with E-state index in [0.29, 0.717) is 31.6 Å². The molecular formula is C68H132O17P2. The molecule has 0 aliphatic rings. The van der Waals surface area contributed by atoms with Crippen LogP contribution >= 0.6 is 15.6 Å². The van der Waals surface area contributed by atoms with Crippen LogP contribution in [0.4, 0.5) is 0 Å². The van der Waals surface area contributed by atoms with Gasteiger partial charge in [-0.25, -0.2) is 9.13 Å². The van der Waals surface area contributed by atoms with Gasteiger partial charge in [0.05, 0.1) is 26.4 Å². The van der Waals surface area contributed by atoms with Crippen molar-refractivity contribution in [2.45, 2.75) is 356 Å². The molecule has 87 heavy (non-hydrogen) atoms. The molecule has 0 aliphatic carbocycles. The first-order valence-corrected chi connectivity index (χ1v) is 38.3. The first-order valence-electron chi connectivity index (χ1n) is 35.3. The van der Waals surface area contributed by atoms with Crippen LogP contribution in [0, 0.1) is 17.8 Å². The summed E-state index contributed by atoms with van der Waals surface area (Å²) in [6.45, 7) is 11.7. The molecule has 0 spiro atoms. The summed E-state index contributed by atoms with van der Waals surface area (Å²) in [5, 5.41) is 10.6. The summed E-state index contributed by atoms with van der Waals surface area (Å²) in [6, 6.07) is 0. The zero-order valence-electron chi connectivity index (χ0n) is 56.5. The number of phosphoric acid groups is 2. The second-order valence-corrected chi connectivity index (χ2v) is 28.9. The highest BCUT2D eigenvalue weighted by Crippen LogP contribution is 2.45. The van der Waals surface area contributed by atoms with E-state index in [2.05, 4.69) is 48.5 Å². The molecule has 0 saturated heterocycles. The number of hydrogen-bond acceptors (Lipinski definition) is 15. The third-order valence-corrected chi connectivity index (χ3v) is 17.5. The molecular weight excluding hydrogens is 1150 g/mol. The lowest BCUT2D eigenvalue weighted by Gasteiger charge is -2.21. The third-order valence-electron chi connectivity index (χ3n) is 15.6. The van der Waals surface area contributed by atoms with Gasteiger partial charge < -0.3 is 33.8 Å². The predicted molar refractivity (Wildman–Crippen MR) is 349 cm³/mol. The standard InChI is InChI=1S/C68H132O17P2/c1-8-9-10-11-12-13-20-28-35-42-49-65(70)78-56-64(85-68(73)52-45-38-31-24-27-34-41-48-61(6)7)58-83-87(76,77)81-54-62(69)53-80-86(74,75)82-57-63(55-79-66(71)50-43-36-29-23-22-26-33-40-47-60(4)5)84-67(72)51-44-37-30-21-18-16-14-15-17-19-25-32-39-46-59(2)3/h59-64,69H,8-58H2,1-7H3,(H,74,75)(H,76,77)/t62-,63-,64-/m1/s1. The molecule has 19 heteroatoms. The first kappa shape index (κ1) is 85.1. The van der Waals surface area contributed by atoms with Crippen molar-refractivity contribution < 1.29 is 80.2 Å². The van der Waals surface area contributed by atoms with Gasteiger partial charge in [-0.1, -0.05) is 286 Å². The lowest BCUT2D eigenvalue weighted by molar-refractivity contribution is -0.161. The van der Waals surface area contributed by atoms with Crippen LogP contribution in [0.2, 0.25) is 0 Å². The van der Waals surface area contributed by atoms with Crippen molar-refractivity contribution in [3.8, 4) is 0 Å². The number of carbonyl (C=O) groups excluding carboxylic acids is 4. The fourth-order valence-corrected chi connectivity index (χ4v) is 11.8. The van der Waals surface area contributed by atoms with Gasteiger partial charge in [0.1, 0.15) is 19.3 Å². The van der Waals surface area contributed by atoms with Gasteiger partial charge >= 0.3 is 39.5 Å². The van der Waals surface area contributed by atoms with E-state index in [-0.39, 0.29) is 25.7 Å². The Labute approximate surface area is 530 Å². The maximum absolute atomic E-state index is 13.0. The van der Waals surface area contributed by atoms with E-state index in [9.17, 15) is 43.2 Å². The van der Waals surface area contributed by atoms with Gasteiger partial charge in [-0.15, -0.1) is 0 Å². The van der Waals surface area contributed by atoms with Crippen molar-refractivity contribution in [2.24, 2.45) is 17.8 Å². The fourth-order valence-electron chi connectivity index (χ4n) is 10.2. The molecule has 0 radical (unpaired) electrons. The molecule has 17 nitrogen and oxygen atoms in total. The molecule has 0 aromatic rings. The van der Waals surface area contributed by atoms with E-state index in [0.717, 1.165) is 102 Å². The average molecular weight is 1280 g/mol. The summed E-state index contributed by atoms with van der Waals surface area (Å²) in [6.07, 6.45) is 41.8. The topological polar surface area (TPSA) is 237 Å². The zero-order chi connectivity index (χ0) is 64.5. The third kappa shape index (κ3) is 62.6. The molecule has 0 amide bonds. The first-order chi connectivity index (χ1) is 41.7. The van der Waals surface area contributed by atoms with Crippen molar-refractivity contribution in [1.29, 1.82) is 0 Å². The molecule has 0 bridgehead atoms. The Hall–Kier alpha value is -1.94. The van der Waals surface area contributed by atoms with Gasteiger partial charge in [0.25, 0.3) is 0 Å². The number of esters is 4. The van der Waals surface area contributed by atoms with Crippen LogP contribution in [0.3, 0.4) is 0 Å². The Morgan fingerprint density at radius 1 is 0.310 bits per heavy atom. The van der Waals surface area contributed by atoms with Crippen LogP contribution in [-0.4, -0.2) is 96.7 Å². The Morgan fingerprint density at radius 3 is 0.782 bits per heavy atom. The smallest absolute Gasteiger partial charge is 0.462 e. The van der Waals surface area contributed by atoms with E-state index in [1.807, 2.05) is 0 Å². The number of phosphoric ester groups is 2. The van der Waals surface area contributed by atoms with Crippen molar-refractivity contribution in [1.82, 2.24) is 0 Å². The van der Waals surface area contributed by atoms with Crippen molar-refractivity contribution >= 4 is 39.5 Å². The van der Waals surface area contributed by atoms with E-state index in [1.54, 1.807) is 0 Å². The number of aliphatic hydroxyl groups excluding tert-OH is 1. The lowest BCUT2D eigenvalue weighted by Crippen LogP contribution is -2.30. The minimum absolute atomic E-state index is 0.103. The largest absolute Gasteiger partial charge is 0.472 e. The van der Waals surface area contributed by atoms with Gasteiger partial charge in [-0.3, -0.25) is 37.3 Å². The fraction of sp³-hybridized carbons (Fsp3) is 0.941. The summed E-state index contributed by atoms with van der Waals surface area (Å²) < 4.78 is 68.1. The molecule has 0 saturated carbocycles. The SMILES string of the molecule is CCCCCCCCCCCCC(=O)OC[C@H](COP(=O)(O)OC[C@H](O)COP(=O)(O)OC[C@@H](COC(=O)CCCCCCCCCCC(C)C)OC(=O)CCCCCCCCCCCCCCCC(C)C)OC(=O)CCCCCCCCCC(C)C. The van der Waals surface area contributed by atoms with Crippen LogP contribution < -0.4 is 0 Å². The second-order valence-electron chi connectivity index (χ2n) is 26.0. The van der Waals surface area contributed by atoms with Gasteiger partial charge in [0.2, 0.25) is 0 Å². The summed E-state index contributed by atoms with van der Waals surface area (Å²) in [5.74, 6) is 0.0769. The summed E-state index contributed by atoms with van der Waals surface area (Å²) in [7, 11) is -9.89. The monoisotopic (exact) mass is 1280 g/mol. The Balaban J connectivity index is 5.23. The zero-order valence-corrected chi connectivity index (χ0v) is 58.3. The molecule has 0 heterocycles. The maximum Gasteiger partial charge on any atom is 0.472 e. The van der Waals surface area contributed by atoms with Gasteiger partial charge in [-0.05, 0) is 43.4 Å².